The van der Waals surface area contributed by atoms with E-state index < -0.39 is 13.9 Å². The zero-order chi connectivity index (χ0) is 26.0. The predicted octanol–water partition coefficient (Wildman–Crippen LogP) is 6.20. The summed E-state index contributed by atoms with van der Waals surface area (Å²) in [6.45, 7) is 7.31. The third-order valence-electron chi connectivity index (χ3n) is 8.21. The molecule has 5 nitrogen and oxygen atoms in total. The van der Waals surface area contributed by atoms with E-state index in [2.05, 4.69) is 49.2 Å². The molecular formula is C29H40ClNO4Si. The van der Waals surface area contributed by atoms with Crippen LogP contribution in [0.25, 0.3) is 0 Å². The Labute approximate surface area is 221 Å². The van der Waals surface area contributed by atoms with E-state index in [1.807, 2.05) is 24.3 Å². The average molecular weight is 530 g/mol. The number of rotatable bonds is 9. The molecule has 0 aliphatic heterocycles. The minimum atomic E-state index is -1.66. The Hall–Kier alpha value is -1.86. The van der Waals surface area contributed by atoms with Gasteiger partial charge in [0.1, 0.15) is 5.54 Å². The number of aliphatic hydroxyl groups is 1. The second kappa shape index (κ2) is 10.9. The SMILES string of the molecule is COC(=O)C1(Nc2cccc(Cl)c2)CCC2(CC1)c1ccccc1CC2CC(CO)CO[Si](C)(C)C. The molecule has 1 fully saturated rings. The van der Waals surface area contributed by atoms with Gasteiger partial charge in [0, 0.05) is 29.8 Å². The minimum absolute atomic E-state index is 0.0172. The molecule has 0 saturated heterocycles. The van der Waals surface area contributed by atoms with Crippen molar-refractivity contribution in [2.24, 2.45) is 11.8 Å². The molecule has 2 aromatic rings. The first kappa shape index (κ1) is 27.2. The second-order valence-electron chi connectivity index (χ2n) is 11.6. The van der Waals surface area contributed by atoms with Crippen molar-refractivity contribution in [2.75, 3.05) is 25.6 Å². The standard InChI is InChI=1S/C29H40ClNO4Si/c1-34-27(33)29(31-25-10-7-9-24(30)18-25)14-12-28(13-15-29)23(17-22-8-5-6-11-26(22)28)16-21(19-32)20-35-36(2,3)4/h5-11,18,21,23,31-32H,12-17,19-20H2,1-4H3. The van der Waals surface area contributed by atoms with Crippen molar-refractivity contribution in [3.63, 3.8) is 0 Å². The van der Waals surface area contributed by atoms with Crippen molar-refractivity contribution in [1.82, 2.24) is 0 Å². The molecule has 1 spiro atoms. The van der Waals surface area contributed by atoms with Gasteiger partial charge in [-0.1, -0.05) is 41.9 Å². The summed E-state index contributed by atoms with van der Waals surface area (Å²) in [7, 11) is -0.197. The lowest BCUT2D eigenvalue weighted by atomic mass is 9.59. The molecule has 0 heterocycles. The first-order valence-electron chi connectivity index (χ1n) is 13.1. The number of halogens is 1. The van der Waals surface area contributed by atoms with Crippen LogP contribution in [0.15, 0.2) is 48.5 Å². The van der Waals surface area contributed by atoms with E-state index in [1.54, 1.807) is 0 Å². The quantitative estimate of drug-likeness (QED) is 0.299. The first-order valence-corrected chi connectivity index (χ1v) is 16.8. The Morgan fingerprint density at radius 2 is 1.86 bits per heavy atom. The van der Waals surface area contributed by atoms with Crippen LogP contribution in [0.5, 0.6) is 0 Å². The van der Waals surface area contributed by atoms with Crippen molar-refractivity contribution in [3.05, 3.63) is 64.7 Å². The molecule has 0 aromatic heterocycles. The van der Waals surface area contributed by atoms with Crippen LogP contribution in [0, 0.1) is 11.8 Å². The van der Waals surface area contributed by atoms with Gasteiger partial charge in [-0.3, -0.25) is 0 Å². The van der Waals surface area contributed by atoms with E-state index in [-0.39, 0.29) is 23.9 Å². The second-order valence-corrected chi connectivity index (χ2v) is 16.6. The largest absolute Gasteiger partial charge is 0.467 e. The number of esters is 1. The first-order chi connectivity index (χ1) is 17.1. The fraction of sp³-hybridized carbons (Fsp3) is 0.552. The van der Waals surface area contributed by atoms with Gasteiger partial charge in [-0.25, -0.2) is 4.79 Å². The molecule has 2 aliphatic rings. The number of benzene rings is 2. The van der Waals surface area contributed by atoms with Crippen molar-refractivity contribution in [1.29, 1.82) is 0 Å². The maximum atomic E-state index is 13.1. The van der Waals surface area contributed by atoms with Gasteiger partial charge in [-0.05, 0) is 98.8 Å². The summed E-state index contributed by atoms with van der Waals surface area (Å²) >= 11 is 6.23. The van der Waals surface area contributed by atoms with Crippen LogP contribution in [0.2, 0.25) is 24.7 Å². The normalized spacial score (nSPS) is 26.4. The Morgan fingerprint density at radius 3 is 2.50 bits per heavy atom. The monoisotopic (exact) mass is 529 g/mol. The number of carbonyl (C=O) groups excluding carboxylic acids is 1. The molecule has 2 aromatic carbocycles. The lowest BCUT2D eigenvalue weighted by molar-refractivity contribution is -0.148. The summed E-state index contributed by atoms with van der Waals surface area (Å²) in [5.74, 6) is 0.292. The average Bonchev–Trinajstić information content (AvgIpc) is 3.15. The highest BCUT2D eigenvalue weighted by Gasteiger charge is 2.54. The van der Waals surface area contributed by atoms with Gasteiger partial charge in [-0.15, -0.1) is 0 Å². The van der Waals surface area contributed by atoms with Crippen LogP contribution in [-0.2, 0) is 25.8 Å². The molecule has 0 amide bonds. The van der Waals surface area contributed by atoms with Gasteiger partial charge in [0.05, 0.1) is 7.11 Å². The third-order valence-corrected chi connectivity index (χ3v) is 9.48. The molecule has 0 radical (unpaired) electrons. The molecule has 2 aliphatic carbocycles. The number of nitrogens with one attached hydrogen (secondary N) is 1. The van der Waals surface area contributed by atoms with Crippen LogP contribution >= 0.6 is 11.6 Å². The summed E-state index contributed by atoms with van der Waals surface area (Å²) in [4.78, 5) is 13.1. The highest BCUT2D eigenvalue weighted by atomic mass is 35.5. The zero-order valence-corrected chi connectivity index (χ0v) is 23.7. The van der Waals surface area contributed by atoms with Crippen LogP contribution in [0.4, 0.5) is 5.69 Å². The smallest absolute Gasteiger partial charge is 0.331 e. The molecule has 1 saturated carbocycles. The Morgan fingerprint density at radius 1 is 1.14 bits per heavy atom. The Kier molecular flexibility index (Phi) is 8.20. The van der Waals surface area contributed by atoms with Crippen molar-refractivity contribution >= 4 is 31.6 Å². The number of aliphatic hydroxyl groups excluding tert-OH is 1. The van der Waals surface area contributed by atoms with Gasteiger partial charge >= 0.3 is 5.97 Å². The number of anilines is 1. The van der Waals surface area contributed by atoms with E-state index >= 15 is 0 Å². The summed E-state index contributed by atoms with van der Waals surface area (Å²) in [6.07, 6.45) is 5.03. The van der Waals surface area contributed by atoms with E-state index in [0.29, 0.717) is 30.4 Å². The zero-order valence-electron chi connectivity index (χ0n) is 22.0. The molecule has 2 N–H and O–H groups in total. The van der Waals surface area contributed by atoms with E-state index in [4.69, 9.17) is 20.8 Å². The Bertz CT molecular complexity index is 1060. The van der Waals surface area contributed by atoms with Gasteiger partial charge in [-0.2, -0.15) is 0 Å². The maximum Gasteiger partial charge on any atom is 0.331 e. The summed E-state index contributed by atoms with van der Waals surface area (Å²) < 4.78 is 11.5. The maximum absolute atomic E-state index is 13.1. The Balaban J connectivity index is 1.60. The lowest BCUT2D eigenvalue weighted by Gasteiger charge is -2.48. The topological polar surface area (TPSA) is 67.8 Å². The molecule has 2 unspecified atom stereocenters. The van der Waals surface area contributed by atoms with Crippen molar-refractivity contribution < 1.29 is 19.1 Å². The van der Waals surface area contributed by atoms with Gasteiger partial charge in [0.15, 0.2) is 8.32 Å². The number of carbonyl (C=O) groups is 1. The molecule has 196 valence electrons. The summed E-state index contributed by atoms with van der Waals surface area (Å²) in [5.41, 5.74) is 2.84. The molecule has 2 atom stereocenters. The van der Waals surface area contributed by atoms with E-state index in [0.717, 1.165) is 31.4 Å². The third kappa shape index (κ3) is 5.67. The number of hydrogen-bond acceptors (Lipinski definition) is 5. The fourth-order valence-electron chi connectivity index (χ4n) is 6.36. The number of hydrogen-bond donors (Lipinski definition) is 2. The highest BCUT2D eigenvalue weighted by molar-refractivity contribution is 6.69. The van der Waals surface area contributed by atoms with E-state index in [1.165, 1.54) is 18.2 Å². The molecule has 36 heavy (non-hydrogen) atoms. The van der Waals surface area contributed by atoms with E-state index in [9.17, 15) is 9.90 Å². The fourth-order valence-corrected chi connectivity index (χ4v) is 7.28. The molecule has 4 rings (SSSR count). The molecule has 0 bridgehead atoms. The highest BCUT2D eigenvalue weighted by Crippen LogP contribution is 2.56. The number of ether oxygens (including phenoxy) is 1. The van der Waals surface area contributed by atoms with Gasteiger partial charge in [0.2, 0.25) is 0 Å². The van der Waals surface area contributed by atoms with Crippen LogP contribution < -0.4 is 5.32 Å². The lowest BCUT2D eigenvalue weighted by Crippen LogP contribution is -2.53. The van der Waals surface area contributed by atoms with Crippen LogP contribution in [-0.4, -0.2) is 45.3 Å². The van der Waals surface area contributed by atoms with Gasteiger partial charge in [0.25, 0.3) is 0 Å². The number of fused-ring (bicyclic) bond motifs is 2. The predicted molar refractivity (Wildman–Crippen MR) is 148 cm³/mol. The molecule has 7 heteroatoms. The van der Waals surface area contributed by atoms with Crippen LogP contribution in [0.1, 0.15) is 43.2 Å². The summed E-state index contributed by atoms with van der Waals surface area (Å²) in [5, 5.41) is 14.4. The van der Waals surface area contributed by atoms with Gasteiger partial charge < -0.3 is 19.6 Å². The minimum Gasteiger partial charge on any atom is -0.467 e. The number of methoxy groups -OCH3 is 1. The van der Waals surface area contributed by atoms with Crippen molar-refractivity contribution in [3.8, 4) is 0 Å². The summed E-state index contributed by atoms with van der Waals surface area (Å²) in [6, 6.07) is 16.3. The molecular weight excluding hydrogens is 490 g/mol. The van der Waals surface area contributed by atoms with Crippen molar-refractivity contribution in [2.45, 2.75) is 69.1 Å². The van der Waals surface area contributed by atoms with Crippen LogP contribution in [0.3, 0.4) is 0 Å².